The van der Waals surface area contributed by atoms with Gasteiger partial charge in [0.2, 0.25) is 15.6 Å². The van der Waals surface area contributed by atoms with Crippen LogP contribution in [0.5, 0.6) is 0 Å². The number of nitrogens with zero attached hydrogens (tertiary/aromatic N) is 2. The quantitative estimate of drug-likeness (QED) is 0.344. The number of alkyl halides is 3. The van der Waals surface area contributed by atoms with Crippen LogP contribution in [0.1, 0.15) is 12.1 Å². The van der Waals surface area contributed by atoms with Crippen LogP contribution in [0.25, 0.3) is 0 Å². The molecule has 1 fully saturated rings. The maximum atomic E-state index is 11.5. The molecular weight excluding hydrogens is 435 g/mol. The van der Waals surface area contributed by atoms with Crippen molar-refractivity contribution in [2.45, 2.75) is 16.3 Å². The molecule has 1 saturated heterocycles. The number of carboxylic acids is 1. The first kappa shape index (κ1) is 20.5. The molecule has 0 radical (unpaired) electrons. The Bertz CT molecular complexity index is 735. The lowest BCUT2D eigenvalue weighted by Crippen LogP contribution is -2.25. The number of aliphatic carboxylic acids is 1. The molecule has 1 aliphatic heterocycles. The van der Waals surface area contributed by atoms with E-state index in [1.165, 1.54) is 5.38 Å². The average molecular weight is 446 g/mol. The van der Waals surface area contributed by atoms with Crippen molar-refractivity contribution in [3.63, 3.8) is 0 Å². The molecule has 0 bridgehead atoms. The predicted octanol–water partition coefficient (Wildman–Crippen LogP) is 1.76. The maximum absolute atomic E-state index is 11.5. The molecule has 1 aliphatic rings. The van der Waals surface area contributed by atoms with Gasteiger partial charge in [-0.1, -0.05) is 40.0 Å². The van der Waals surface area contributed by atoms with Crippen molar-refractivity contribution >= 4 is 75.0 Å². The number of carboxylic acid groups (broad SMARTS) is 1. The summed E-state index contributed by atoms with van der Waals surface area (Å²) in [5.41, 5.74) is -0.596. The summed E-state index contributed by atoms with van der Waals surface area (Å²) < 4.78 is 2.89. The lowest BCUT2D eigenvalue weighted by molar-refractivity contribution is -0.131. The summed E-state index contributed by atoms with van der Waals surface area (Å²) in [4.78, 5) is 43.1. The summed E-state index contributed by atoms with van der Waals surface area (Å²) in [5, 5.41) is 18.9. The minimum atomic E-state index is -1.77. The van der Waals surface area contributed by atoms with Gasteiger partial charge in [0.25, 0.3) is 5.91 Å². The Labute approximate surface area is 165 Å². The summed E-state index contributed by atoms with van der Waals surface area (Å²) in [6.45, 7) is -0.0661. The molecule has 1 unspecified atom stereocenters. The molecule has 0 saturated carbocycles. The molecule has 2 heterocycles. The third kappa shape index (κ3) is 6.16. The van der Waals surface area contributed by atoms with Crippen molar-refractivity contribution in [2.24, 2.45) is 5.16 Å². The van der Waals surface area contributed by atoms with E-state index in [4.69, 9.17) is 39.6 Å². The van der Waals surface area contributed by atoms with Crippen molar-refractivity contribution in [3.05, 3.63) is 11.1 Å². The number of oxime groups is 1. The smallest absolute Gasteiger partial charge is 0.413 e. The number of anilines is 1. The maximum Gasteiger partial charge on any atom is 0.413 e. The topological polar surface area (TPSA) is 139 Å². The Morgan fingerprint density at radius 1 is 1.50 bits per heavy atom. The molecule has 1 aromatic heterocycles. The average Bonchev–Trinajstić information content (AvgIpc) is 3.14. The van der Waals surface area contributed by atoms with Crippen molar-refractivity contribution in [1.82, 2.24) is 10.3 Å². The number of aromatic nitrogens is 1. The first-order valence-corrected chi connectivity index (χ1v) is 8.88. The van der Waals surface area contributed by atoms with Gasteiger partial charge in [0.1, 0.15) is 12.3 Å². The Morgan fingerprint density at radius 2 is 2.23 bits per heavy atom. The first-order chi connectivity index (χ1) is 12.2. The number of carbonyl (C=O) groups is 3. The number of thiazole rings is 1. The molecule has 1 atom stereocenters. The lowest BCUT2D eigenvalue weighted by atomic mass is 10.3. The van der Waals surface area contributed by atoms with Crippen molar-refractivity contribution in [3.8, 4) is 0 Å². The van der Waals surface area contributed by atoms with Crippen LogP contribution < -0.4 is 10.6 Å². The Balaban J connectivity index is 2.01. The van der Waals surface area contributed by atoms with Gasteiger partial charge in [0.05, 0.1) is 0 Å². The zero-order valence-corrected chi connectivity index (χ0v) is 15.8. The highest BCUT2D eigenvalue weighted by atomic mass is 35.6. The standard InChI is InChI=1S/C12H11Cl3N4O6S/c13-12(14,15)4-24-11(23)18-10-17-5(3-26-10)7(9(21)22)19-25-6-1-2-16-8(6)20/h3,6H,1-2,4H2,(H,16,20)(H,21,22)(H,17,18,23)/b19-7-. The van der Waals surface area contributed by atoms with Crippen LogP contribution in [0, 0.1) is 0 Å². The second-order valence-electron chi connectivity index (χ2n) is 4.77. The van der Waals surface area contributed by atoms with Gasteiger partial charge in [-0.15, -0.1) is 11.3 Å². The molecule has 2 rings (SSSR count). The van der Waals surface area contributed by atoms with Gasteiger partial charge in [0.15, 0.2) is 5.13 Å². The summed E-state index contributed by atoms with van der Waals surface area (Å²) >= 11 is 17.3. The molecule has 0 spiro atoms. The van der Waals surface area contributed by atoms with Gasteiger partial charge in [-0.05, 0) is 0 Å². The molecule has 26 heavy (non-hydrogen) atoms. The number of amides is 2. The van der Waals surface area contributed by atoms with Gasteiger partial charge in [0, 0.05) is 18.3 Å². The third-order valence-electron chi connectivity index (χ3n) is 2.79. The predicted molar refractivity (Wildman–Crippen MR) is 94.0 cm³/mol. The molecule has 142 valence electrons. The SMILES string of the molecule is O=C(Nc1nc(/C(=N/OC2CCNC2=O)C(=O)O)cs1)OCC(Cl)(Cl)Cl. The summed E-state index contributed by atoms with van der Waals surface area (Å²) in [6.07, 6.45) is -1.43. The first-order valence-electron chi connectivity index (χ1n) is 6.87. The second kappa shape index (κ2) is 8.71. The molecule has 14 heteroatoms. The monoisotopic (exact) mass is 444 g/mol. The van der Waals surface area contributed by atoms with Crippen LogP contribution in [-0.2, 0) is 19.2 Å². The summed E-state index contributed by atoms with van der Waals surface area (Å²) in [6, 6.07) is 0. The van der Waals surface area contributed by atoms with E-state index in [0.29, 0.717) is 13.0 Å². The fraction of sp³-hybridized carbons (Fsp3) is 0.417. The van der Waals surface area contributed by atoms with E-state index in [1.807, 2.05) is 0 Å². The highest BCUT2D eigenvalue weighted by molar-refractivity contribution is 7.14. The number of carbonyl (C=O) groups excluding carboxylic acids is 2. The Hall–Kier alpha value is -1.82. The molecule has 1 aromatic rings. The van der Waals surface area contributed by atoms with Gasteiger partial charge >= 0.3 is 12.1 Å². The van der Waals surface area contributed by atoms with E-state index in [1.54, 1.807) is 0 Å². The number of halogens is 3. The number of ether oxygens (including phenoxy) is 1. The second-order valence-corrected chi connectivity index (χ2v) is 8.15. The Kier molecular flexibility index (Phi) is 6.87. The van der Waals surface area contributed by atoms with E-state index < -0.39 is 34.3 Å². The minimum Gasteiger partial charge on any atom is -0.476 e. The van der Waals surface area contributed by atoms with E-state index in [9.17, 15) is 19.5 Å². The highest BCUT2D eigenvalue weighted by Gasteiger charge is 2.27. The highest BCUT2D eigenvalue weighted by Crippen LogP contribution is 2.26. The van der Waals surface area contributed by atoms with E-state index >= 15 is 0 Å². The minimum absolute atomic E-state index is 0.0295. The number of hydrogen-bond acceptors (Lipinski definition) is 8. The van der Waals surface area contributed by atoms with E-state index in [0.717, 1.165) is 11.3 Å². The van der Waals surface area contributed by atoms with Crippen LogP contribution in [0.2, 0.25) is 0 Å². The largest absolute Gasteiger partial charge is 0.476 e. The molecule has 2 amide bonds. The third-order valence-corrected chi connectivity index (χ3v) is 3.88. The van der Waals surface area contributed by atoms with Crippen molar-refractivity contribution in [1.29, 1.82) is 0 Å². The van der Waals surface area contributed by atoms with Crippen LogP contribution in [-0.4, -0.2) is 56.8 Å². The van der Waals surface area contributed by atoms with Gasteiger partial charge < -0.3 is 20.0 Å². The van der Waals surface area contributed by atoms with Crippen LogP contribution >= 0.6 is 46.1 Å². The van der Waals surface area contributed by atoms with E-state index in [2.05, 4.69) is 25.5 Å². The lowest BCUT2D eigenvalue weighted by Gasteiger charge is -2.10. The molecule has 0 aromatic carbocycles. The van der Waals surface area contributed by atoms with Gasteiger partial charge in [-0.25, -0.2) is 14.6 Å². The number of hydrogen-bond donors (Lipinski definition) is 3. The van der Waals surface area contributed by atoms with E-state index in [-0.39, 0.29) is 16.7 Å². The van der Waals surface area contributed by atoms with Gasteiger partial charge in [-0.3, -0.25) is 10.1 Å². The molecular formula is C12H11Cl3N4O6S. The zero-order chi connectivity index (χ0) is 19.3. The van der Waals surface area contributed by atoms with Gasteiger partial charge in [-0.2, -0.15) is 0 Å². The zero-order valence-electron chi connectivity index (χ0n) is 12.7. The normalized spacial score (nSPS) is 17.6. The number of rotatable bonds is 6. The summed E-state index contributed by atoms with van der Waals surface area (Å²) in [7, 11) is 0. The molecule has 10 nitrogen and oxygen atoms in total. The van der Waals surface area contributed by atoms with Crippen LogP contribution in [0.15, 0.2) is 10.5 Å². The van der Waals surface area contributed by atoms with Crippen molar-refractivity contribution < 1.29 is 29.1 Å². The fourth-order valence-electron chi connectivity index (χ4n) is 1.69. The molecule has 3 N–H and O–H groups in total. The van der Waals surface area contributed by atoms with Crippen LogP contribution in [0.4, 0.5) is 9.93 Å². The summed E-state index contributed by atoms with van der Waals surface area (Å²) in [5.74, 6) is -1.80. The van der Waals surface area contributed by atoms with Crippen LogP contribution in [0.3, 0.4) is 0 Å². The van der Waals surface area contributed by atoms with Crippen molar-refractivity contribution in [2.75, 3.05) is 18.5 Å². The Morgan fingerprint density at radius 3 is 2.81 bits per heavy atom. The number of nitrogens with one attached hydrogen (secondary N) is 2. The molecule has 0 aliphatic carbocycles. The fourth-order valence-corrected chi connectivity index (χ4v) is 2.54.